The van der Waals surface area contributed by atoms with Crippen molar-refractivity contribution >= 4 is 34.5 Å². The van der Waals surface area contributed by atoms with Crippen molar-refractivity contribution in [2.45, 2.75) is 64.3 Å². The summed E-state index contributed by atoms with van der Waals surface area (Å²) >= 11 is 3.62. The molecule has 0 radical (unpaired) electrons. The fourth-order valence-electron chi connectivity index (χ4n) is 3.91. The summed E-state index contributed by atoms with van der Waals surface area (Å²) in [4.78, 5) is 33.9. The maximum Gasteiger partial charge on any atom is 0.223 e. The van der Waals surface area contributed by atoms with Gasteiger partial charge >= 0.3 is 0 Å². The lowest BCUT2D eigenvalue weighted by atomic mass is 10.0. The summed E-state index contributed by atoms with van der Waals surface area (Å²) in [5, 5.41) is 6.25. The molecule has 150 valence electrons. The molecule has 3 heterocycles. The molecule has 0 spiro atoms. The quantitative estimate of drug-likeness (QED) is 0.702. The summed E-state index contributed by atoms with van der Waals surface area (Å²) < 4.78 is 0. The normalized spacial score (nSPS) is 15.8. The number of amides is 2. The van der Waals surface area contributed by atoms with Crippen molar-refractivity contribution in [1.82, 2.24) is 15.2 Å². The van der Waals surface area contributed by atoms with Crippen LogP contribution in [-0.2, 0) is 41.8 Å². The predicted molar refractivity (Wildman–Crippen MR) is 113 cm³/mol. The average Bonchev–Trinajstić information content (AvgIpc) is 3.34. The first-order valence-electron chi connectivity index (χ1n) is 10.3. The van der Waals surface area contributed by atoms with Crippen LogP contribution < -0.4 is 5.32 Å². The molecule has 0 fully saturated rings. The highest BCUT2D eigenvalue weighted by Crippen LogP contribution is 2.27. The minimum atomic E-state index is -0.0278. The SMILES string of the molecule is O=C(CCC(=O)N1CCc2sccc2C1)NCCCc1nc2c(s1)CCCC2. The summed E-state index contributed by atoms with van der Waals surface area (Å²) in [7, 11) is 0. The Morgan fingerprint density at radius 1 is 1.14 bits per heavy atom. The van der Waals surface area contributed by atoms with Gasteiger partial charge in [-0.15, -0.1) is 22.7 Å². The maximum absolute atomic E-state index is 12.4. The summed E-state index contributed by atoms with van der Waals surface area (Å²) in [5.74, 6) is 0.0559. The van der Waals surface area contributed by atoms with Crippen molar-refractivity contribution in [2.24, 2.45) is 0 Å². The number of carbonyl (C=O) groups is 2. The number of carbonyl (C=O) groups excluding carboxylic acids is 2. The van der Waals surface area contributed by atoms with E-state index in [4.69, 9.17) is 4.98 Å². The highest BCUT2D eigenvalue weighted by molar-refractivity contribution is 7.11. The number of hydrogen-bond acceptors (Lipinski definition) is 5. The zero-order valence-corrected chi connectivity index (χ0v) is 17.8. The molecule has 2 aliphatic rings. The molecule has 2 aromatic rings. The van der Waals surface area contributed by atoms with Gasteiger partial charge in [0.2, 0.25) is 11.8 Å². The molecule has 0 saturated heterocycles. The molecule has 4 rings (SSSR count). The standard InChI is InChI=1S/C21H27N3O2S2/c25-19(7-8-21(26)24-12-9-17-15(14-24)10-13-27-17)22-11-3-6-20-23-16-4-1-2-5-18(16)28-20/h10,13H,1-9,11-12,14H2,(H,22,25). The minimum absolute atomic E-state index is 0.0278. The van der Waals surface area contributed by atoms with Crippen molar-refractivity contribution in [3.8, 4) is 0 Å². The first kappa shape index (κ1) is 19.6. The van der Waals surface area contributed by atoms with Crippen molar-refractivity contribution in [2.75, 3.05) is 13.1 Å². The third kappa shape index (κ3) is 4.81. The number of aryl methyl sites for hydroxylation is 3. The van der Waals surface area contributed by atoms with Crippen molar-refractivity contribution in [1.29, 1.82) is 0 Å². The molecule has 0 aromatic carbocycles. The second kappa shape index (κ2) is 9.18. The van der Waals surface area contributed by atoms with E-state index in [9.17, 15) is 9.59 Å². The highest BCUT2D eigenvalue weighted by atomic mass is 32.1. The van der Waals surface area contributed by atoms with E-state index in [0.717, 1.165) is 32.2 Å². The van der Waals surface area contributed by atoms with Gasteiger partial charge in [0.1, 0.15) is 0 Å². The fourth-order valence-corrected chi connectivity index (χ4v) is 6.00. The zero-order chi connectivity index (χ0) is 19.3. The van der Waals surface area contributed by atoms with E-state index < -0.39 is 0 Å². The Morgan fingerprint density at radius 2 is 2.04 bits per heavy atom. The minimum Gasteiger partial charge on any atom is -0.356 e. The lowest BCUT2D eigenvalue weighted by molar-refractivity contribution is -0.134. The van der Waals surface area contributed by atoms with Crippen LogP contribution in [0.15, 0.2) is 11.4 Å². The van der Waals surface area contributed by atoms with Gasteiger partial charge in [0.15, 0.2) is 0 Å². The fraction of sp³-hybridized carbons (Fsp3) is 0.571. The maximum atomic E-state index is 12.4. The Kier molecular flexibility index (Phi) is 6.42. The smallest absolute Gasteiger partial charge is 0.223 e. The Bertz CT molecular complexity index is 819. The molecule has 0 unspecified atom stereocenters. The van der Waals surface area contributed by atoms with Gasteiger partial charge in [0.25, 0.3) is 0 Å². The van der Waals surface area contributed by atoms with E-state index in [1.165, 1.54) is 45.3 Å². The number of aromatic nitrogens is 1. The molecule has 0 saturated carbocycles. The highest BCUT2D eigenvalue weighted by Gasteiger charge is 2.21. The largest absolute Gasteiger partial charge is 0.356 e. The molecule has 0 bridgehead atoms. The molecular formula is C21H27N3O2S2. The van der Waals surface area contributed by atoms with Crippen LogP contribution in [-0.4, -0.2) is 34.8 Å². The molecule has 2 amide bonds. The number of fused-ring (bicyclic) bond motifs is 2. The van der Waals surface area contributed by atoms with E-state index in [1.807, 2.05) is 16.2 Å². The van der Waals surface area contributed by atoms with Gasteiger partial charge in [-0.05, 0) is 55.5 Å². The number of rotatable bonds is 7. The second-order valence-electron chi connectivity index (χ2n) is 7.57. The number of hydrogen-bond donors (Lipinski definition) is 1. The van der Waals surface area contributed by atoms with Crippen molar-refractivity contribution < 1.29 is 9.59 Å². The van der Waals surface area contributed by atoms with Crippen LogP contribution in [0.25, 0.3) is 0 Å². The van der Waals surface area contributed by atoms with Gasteiger partial charge in [-0.1, -0.05) is 0 Å². The molecule has 1 aliphatic carbocycles. The van der Waals surface area contributed by atoms with Crippen LogP contribution in [0.1, 0.15) is 58.1 Å². The predicted octanol–water partition coefficient (Wildman–Crippen LogP) is 3.50. The Labute approximate surface area is 174 Å². The topological polar surface area (TPSA) is 62.3 Å². The Hall–Kier alpha value is -1.73. The lowest BCUT2D eigenvalue weighted by Gasteiger charge is -2.27. The zero-order valence-electron chi connectivity index (χ0n) is 16.2. The third-order valence-corrected chi connectivity index (χ3v) is 7.75. The number of thiophene rings is 1. The molecule has 5 nitrogen and oxygen atoms in total. The monoisotopic (exact) mass is 417 g/mol. The van der Waals surface area contributed by atoms with Crippen LogP contribution in [0.3, 0.4) is 0 Å². The van der Waals surface area contributed by atoms with Crippen LogP contribution >= 0.6 is 22.7 Å². The third-order valence-electron chi connectivity index (χ3n) is 5.51. The van der Waals surface area contributed by atoms with E-state index in [-0.39, 0.29) is 18.2 Å². The van der Waals surface area contributed by atoms with E-state index in [1.54, 1.807) is 11.3 Å². The average molecular weight is 418 g/mol. The van der Waals surface area contributed by atoms with Crippen LogP contribution in [0.4, 0.5) is 0 Å². The van der Waals surface area contributed by atoms with Crippen molar-refractivity contribution in [3.63, 3.8) is 0 Å². The first-order valence-corrected chi connectivity index (χ1v) is 12.0. The Morgan fingerprint density at radius 3 is 2.93 bits per heavy atom. The van der Waals surface area contributed by atoms with Gasteiger partial charge in [0, 0.05) is 48.7 Å². The summed E-state index contributed by atoms with van der Waals surface area (Å²) in [6.45, 7) is 2.11. The second-order valence-corrected chi connectivity index (χ2v) is 9.74. The van der Waals surface area contributed by atoms with Gasteiger partial charge < -0.3 is 10.2 Å². The van der Waals surface area contributed by atoms with E-state index in [2.05, 4.69) is 16.8 Å². The van der Waals surface area contributed by atoms with Gasteiger partial charge in [-0.3, -0.25) is 9.59 Å². The lowest BCUT2D eigenvalue weighted by Crippen LogP contribution is -2.36. The molecule has 2 aromatic heterocycles. The number of nitrogens with one attached hydrogen (secondary N) is 1. The van der Waals surface area contributed by atoms with Gasteiger partial charge in [0.05, 0.1) is 10.7 Å². The van der Waals surface area contributed by atoms with E-state index >= 15 is 0 Å². The van der Waals surface area contributed by atoms with Crippen molar-refractivity contribution in [3.05, 3.63) is 37.5 Å². The number of nitrogens with zero attached hydrogens (tertiary/aromatic N) is 2. The summed E-state index contributed by atoms with van der Waals surface area (Å²) in [6, 6.07) is 2.10. The van der Waals surface area contributed by atoms with E-state index in [0.29, 0.717) is 19.5 Å². The van der Waals surface area contributed by atoms with Gasteiger partial charge in [-0.2, -0.15) is 0 Å². The van der Waals surface area contributed by atoms with Crippen LogP contribution in [0.5, 0.6) is 0 Å². The molecular weight excluding hydrogens is 390 g/mol. The Balaban J connectivity index is 1.12. The van der Waals surface area contributed by atoms with Crippen LogP contribution in [0.2, 0.25) is 0 Å². The van der Waals surface area contributed by atoms with Crippen LogP contribution in [0, 0.1) is 0 Å². The molecule has 0 atom stereocenters. The molecule has 1 N–H and O–H groups in total. The van der Waals surface area contributed by atoms with Gasteiger partial charge in [-0.25, -0.2) is 4.98 Å². The molecule has 1 aliphatic heterocycles. The summed E-state index contributed by atoms with van der Waals surface area (Å²) in [5.41, 5.74) is 2.57. The molecule has 7 heteroatoms. The number of thiazole rings is 1. The molecule has 28 heavy (non-hydrogen) atoms. The first-order chi connectivity index (χ1) is 13.7. The summed E-state index contributed by atoms with van der Waals surface area (Å²) in [6.07, 6.45) is 8.19.